The second-order valence-electron chi connectivity index (χ2n) is 2.65. The molecule has 0 amide bonds. The van der Waals surface area contributed by atoms with Crippen molar-refractivity contribution >= 4 is 24.4 Å². The third-order valence-corrected chi connectivity index (χ3v) is 2.46. The molecule has 2 heteroatoms. The van der Waals surface area contributed by atoms with Crippen LogP contribution in [0.4, 0.5) is 0 Å². The van der Waals surface area contributed by atoms with Gasteiger partial charge in [-0.15, -0.1) is 11.8 Å². The Bertz CT molecular complexity index is 51.9. The summed E-state index contributed by atoms with van der Waals surface area (Å²) in [5.41, 5.74) is 0. The van der Waals surface area contributed by atoms with E-state index in [0.29, 0.717) is 4.58 Å². The van der Waals surface area contributed by atoms with Crippen molar-refractivity contribution in [3.63, 3.8) is 0 Å². The molecule has 1 atom stereocenters. The molecule has 0 heterocycles. The zero-order chi connectivity index (χ0) is 7.28. The van der Waals surface area contributed by atoms with Crippen LogP contribution in [0.1, 0.15) is 27.2 Å². The van der Waals surface area contributed by atoms with Crippen molar-refractivity contribution in [2.24, 2.45) is 5.92 Å². The average Bonchev–Trinajstić information content (AvgIpc) is 1.63. The average molecular weight is 164 g/mol. The number of rotatable bonds is 4. The number of thiol groups is 1. The van der Waals surface area contributed by atoms with Gasteiger partial charge in [0.1, 0.15) is 0 Å². The molecule has 0 bridgehead atoms. The molecule has 0 spiro atoms. The number of thioether (sulfide) groups is 1. The fraction of sp³-hybridized carbons (Fsp3) is 1.00. The summed E-state index contributed by atoms with van der Waals surface area (Å²) in [4.78, 5) is 0. The van der Waals surface area contributed by atoms with Gasteiger partial charge in [0, 0.05) is 4.58 Å². The molecule has 0 rings (SSSR count). The Morgan fingerprint density at radius 2 is 1.89 bits per heavy atom. The van der Waals surface area contributed by atoms with Crippen molar-refractivity contribution in [2.45, 2.75) is 31.8 Å². The Balaban J connectivity index is 2.91. The van der Waals surface area contributed by atoms with E-state index in [1.54, 1.807) is 0 Å². The Morgan fingerprint density at radius 3 is 2.22 bits per heavy atom. The monoisotopic (exact) mass is 164 g/mol. The van der Waals surface area contributed by atoms with E-state index in [-0.39, 0.29) is 0 Å². The quantitative estimate of drug-likeness (QED) is 0.492. The van der Waals surface area contributed by atoms with Crippen LogP contribution in [0.3, 0.4) is 0 Å². The molecule has 0 saturated heterocycles. The lowest BCUT2D eigenvalue weighted by Gasteiger charge is -2.05. The zero-order valence-corrected chi connectivity index (χ0v) is 8.14. The van der Waals surface area contributed by atoms with Crippen molar-refractivity contribution in [1.82, 2.24) is 0 Å². The minimum Gasteiger partial charge on any atom is -0.165 e. The molecule has 9 heavy (non-hydrogen) atoms. The van der Waals surface area contributed by atoms with Crippen LogP contribution in [0.15, 0.2) is 0 Å². The van der Waals surface area contributed by atoms with Gasteiger partial charge in [-0.1, -0.05) is 13.8 Å². The van der Waals surface area contributed by atoms with Gasteiger partial charge in [-0.2, -0.15) is 12.6 Å². The van der Waals surface area contributed by atoms with E-state index >= 15 is 0 Å². The number of hydrogen-bond acceptors (Lipinski definition) is 2. The normalized spacial score (nSPS) is 14.3. The number of hydrogen-bond donors (Lipinski definition) is 1. The van der Waals surface area contributed by atoms with Gasteiger partial charge in [-0.25, -0.2) is 0 Å². The Hall–Kier alpha value is 0.700. The first-order valence-electron chi connectivity index (χ1n) is 3.42. The molecule has 1 unspecified atom stereocenters. The van der Waals surface area contributed by atoms with Crippen LogP contribution in [0.5, 0.6) is 0 Å². The summed E-state index contributed by atoms with van der Waals surface area (Å²) < 4.78 is 0.503. The standard InChI is InChI=1S/C7H16S2/c1-6(2)4-5-9-7(3)8/h6-8H,4-5H2,1-3H3. The van der Waals surface area contributed by atoms with E-state index in [9.17, 15) is 0 Å². The molecule has 0 aliphatic carbocycles. The van der Waals surface area contributed by atoms with Gasteiger partial charge in [0.2, 0.25) is 0 Å². The molecule has 0 radical (unpaired) electrons. The molecular weight excluding hydrogens is 148 g/mol. The van der Waals surface area contributed by atoms with E-state index in [1.807, 2.05) is 11.8 Å². The van der Waals surface area contributed by atoms with Crippen LogP contribution in [-0.4, -0.2) is 10.3 Å². The lowest BCUT2D eigenvalue weighted by molar-refractivity contribution is 0.632. The van der Waals surface area contributed by atoms with Crippen LogP contribution in [0, 0.1) is 5.92 Å². The molecule has 0 aromatic carbocycles. The summed E-state index contributed by atoms with van der Waals surface area (Å²) in [7, 11) is 0. The van der Waals surface area contributed by atoms with Crippen LogP contribution < -0.4 is 0 Å². The first-order valence-corrected chi connectivity index (χ1v) is 4.99. The van der Waals surface area contributed by atoms with Gasteiger partial charge in [-0.05, 0) is 25.0 Å². The lowest BCUT2D eigenvalue weighted by Crippen LogP contribution is -1.92. The summed E-state index contributed by atoms with van der Waals surface area (Å²) in [5.74, 6) is 2.09. The zero-order valence-electron chi connectivity index (χ0n) is 6.42. The summed E-state index contributed by atoms with van der Waals surface area (Å²) in [6, 6.07) is 0. The first-order chi connectivity index (χ1) is 4.13. The first kappa shape index (κ1) is 9.70. The maximum absolute atomic E-state index is 4.26. The molecule has 0 saturated carbocycles. The second kappa shape index (κ2) is 5.48. The summed E-state index contributed by atoms with van der Waals surface area (Å²) in [6.45, 7) is 6.63. The molecule has 0 aromatic rings. The summed E-state index contributed by atoms with van der Waals surface area (Å²) in [6.07, 6.45) is 1.32. The molecular formula is C7H16S2. The van der Waals surface area contributed by atoms with Gasteiger partial charge in [-0.3, -0.25) is 0 Å². The third-order valence-electron chi connectivity index (χ3n) is 1.05. The predicted molar refractivity (Wildman–Crippen MR) is 50.4 cm³/mol. The minimum atomic E-state index is 0.503. The Morgan fingerprint density at radius 1 is 1.33 bits per heavy atom. The minimum absolute atomic E-state index is 0.503. The predicted octanol–water partition coefficient (Wildman–Crippen LogP) is 3.04. The molecule has 0 aliphatic heterocycles. The van der Waals surface area contributed by atoms with Crippen molar-refractivity contribution in [3.8, 4) is 0 Å². The molecule has 0 fully saturated rings. The van der Waals surface area contributed by atoms with E-state index in [1.165, 1.54) is 12.2 Å². The van der Waals surface area contributed by atoms with E-state index in [0.717, 1.165) is 5.92 Å². The van der Waals surface area contributed by atoms with Crippen molar-refractivity contribution in [2.75, 3.05) is 5.75 Å². The maximum Gasteiger partial charge on any atom is 0.0444 e. The maximum atomic E-state index is 4.26. The van der Waals surface area contributed by atoms with E-state index in [2.05, 4.69) is 33.4 Å². The van der Waals surface area contributed by atoms with Crippen molar-refractivity contribution in [1.29, 1.82) is 0 Å². The van der Waals surface area contributed by atoms with Gasteiger partial charge >= 0.3 is 0 Å². The van der Waals surface area contributed by atoms with Gasteiger partial charge in [0.15, 0.2) is 0 Å². The smallest absolute Gasteiger partial charge is 0.0444 e. The lowest BCUT2D eigenvalue weighted by atomic mass is 10.2. The highest BCUT2D eigenvalue weighted by molar-refractivity contribution is 8.10. The molecule has 0 aliphatic rings. The molecule has 0 aromatic heterocycles. The fourth-order valence-corrected chi connectivity index (χ4v) is 1.74. The highest BCUT2D eigenvalue weighted by atomic mass is 32.2. The van der Waals surface area contributed by atoms with Crippen LogP contribution in [0.2, 0.25) is 0 Å². The van der Waals surface area contributed by atoms with Gasteiger partial charge in [0.05, 0.1) is 0 Å². The highest BCUT2D eigenvalue weighted by Gasteiger charge is 1.96. The largest absolute Gasteiger partial charge is 0.165 e. The van der Waals surface area contributed by atoms with Crippen LogP contribution >= 0.6 is 24.4 Å². The SMILES string of the molecule is CC(C)CCSC(C)S. The van der Waals surface area contributed by atoms with E-state index in [4.69, 9.17) is 0 Å². The summed E-state index contributed by atoms with van der Waals surface area (Å²) >= 11 is 6.19. The topological polar surface area (TPSA) is 0 Å². The van der Waals surface area contributed by atoms with Crippen LogP contribution in [0.25, 0.3) is 0 Å². The fourth-order valence-electron chi connectivity index (χ4n) is 0.474. The Kier molecular flexibility index (Phi) is 5.91. The molecule has 0 N–H and O–H groups in total. The van der Waals surface area contributed by atoms with Crippen molar-refractivity contribution < 1.29 is 0 Å². The highest BCUT2D eigenvalue weighted by Crippen LogP contribution is 2.16. The van der Waals surface area contributed by atoms with E-state index < -0.39 is 0 Å². The summed E-state index contributed by atoms with van der Waals surface area (Å²) in [5, 5.41) is 0. The van der Waals surface area contributed by atoms with Crippen LogP contribution in [-0.2, 0) is 0 Å². The van der Waals surface area contributed by atoms with Gasteiger partial charge < -0.3 is 0 Å². The second-order valence-corrected chi connectivity index (χ2v) is 5.23. The third kappa shape index (κ3) is 8.70. The molecule has 56 valence electrons. The molecule has 0 nitrogen and oxygen atoms in total. The Labute approximate surface area is 68.2 Å². The van der Waals surface area contributed by atoms with Gasteiger partial charge in [0.25, 0.3) is 0 Å². The van der Waals surface area contributed by atoms with Crippen molar-refractivity contribution in [3.05, 3.63) is 0 Å².